The molecule has 0 aromatic heterocycles. The van der Waals surface area contributed by atoms with Crippen LogP contribution in [0.3, 0.4) is 0 Å². The SMILES string of the molecule is CCC1(CC)O[C@H]2c3ccccc3C(=O)N2c2ccccc21. The van der Waals surface area contributed by atoms with E-state index in [0.717, 1.165) is 35.2 Å². The summed E-state index contributed by atoms with van der Waals surface area (Å²) in [6.07, 6.45) is 1.47. The second-order valence-electron chi connectivity index (χ2n) is 5.95. The molecule has 2 aromatic rings. The van der Waals surface area contributed by atoms with E-state index in [-0.39, 0.29) is 17.7 Å². The summed E-state index contributed by atoms with van der Waals surface area (Å²) in [4.78, 5) is 14.6. The third-order valence-corrected chi connectivity index (χ3v) is 5.04. The Morgan fingerprint density at radius 2 is 1.73 bits per heavy atom. The molecule has 3 nitrogen and oxygen atoms in total. The lowest BCUT2D eigenvalue weighted by atomic mass is 9.85. The molecule has 0 saturated carbocycles. The van der Waals surface area contributed by atoms with Crippen molar-refractivity contribution in [2.45, 2.75) is 38.5 Å². The molecule has 0 radical (unpaired) electrons. The van der Waals surface area contributed by atoms with Crippen molar-refractivity contribution in [1.82, 2.24) is 0 Å². The number of carbonyl (C=O) groups excluding carboxylic acids is 1. The van der Waals surface area contributed by atoms with Crippen molar-refractivity contribution in [3.63, 3.8) is 0 Å². The fourth-order valence-corrected chi connectivity index (χ4v) is 3.78. The Hall–Kier alpha value is -2.13. The number of nitrogens with zero attached hydrogens (tertiary/aromatic N) is 1. The van der Waals surface area contributed by atoms with Crippen molar-refractivity contribution < 1.29 is 9.53 Å². The minimum Gasteiger partial charge on any atom is -0.342 e. The summed E-state index contributed by atoms with van der Waals surface area (Å²) < 4.78 is 6.52. The van der Waals surface area contributed by atoms with Crippen LogP contribution in [0.15, 0.2) is 48.5 Å². The summed E-state index contributed by atoms with van der Waals surface area (Å²) in [5.74, 6) is 0.0360. The van der Waals surface area contributed by atoms with Gasteiger partial charge in [-0.05, 0) is 25.0 Å². The van der Waals surface area contributed by atoms with Gasteiger partial charge in [0.2, 0.25) is 0 Å². The van der Waals surface area contributed by atoms with Crippen LogP contribution in [-0.2, 0) is 10.3 Å². The van der Waals surface area contributed by atoms with E-state index < -0.39 is 0 Å². The molecule has 2 heterocycles. The van der Waals surface area contributed by atoms with Crippen molar-refractivity contribution in [2.75, 3.05) is 4.90 Å². The van der Waals surface area contributed by atoms with Crippen LogP contribution >= 0.6 is 0 Å². The lowest BCUT2D eigenvalue weighted by Gasteiger charge is -2.45. The highest BCUT2D eigenvalue weighted by atomic mass is 16.5. The molecule has 3 heteroatoms. The summed E-state index contributed by atoms with van der Waals surface area (Å²) in [6, 6.07) is 15.9. The van der Waals surface area contributed by atoms with Gasteiger partial charge in [-0.3, -0.25) is 9.69 Å². The molecule has 4 rings (SSSR count). The van der Waals surface area contributed by atoms with Crippen molar-refractivity contribution in [3.05, 3.63) is 65.2 Å². The Kier molecular flexibility index (Phi) is 2.88. The smallest absolute Gasteiger partial charge is 0.261 e. The van der Waals surface area contributed by atoms with Gasteiger partial charge >= 0.3 is 0 Å². The number of benzene rings is 2. The van der Waals surface area contributed by atoms with Crippen molar-refractivity contribution in [2.24, 2.45) is 0 Å². The quantitative estimate of drug-likeness (QED) is 0.821. The van der Waals surface area contributed by atoms with E-state index in [0.29, 0.717) is 0 Å². The molecule has 2 aromatic carbocycles. The second-order valence-corrected chi connectivity index (χ2v) is 5.95. The highest BCUT2D eigenvalue weighted by Crippen LogP contribution is 2.52. The second kappa shape index (κ2) is 4.68. The molecule has 0 fully saturated rings. The number of ether oxygens (including phenoxy) is 1. The Bertz CT molecular complexity index is 749. The minimum atomic E-state index is -0.324. The van der Waals surface area contributed by atoms with Gasteiger partial charge in [0.05, 0.1) is 11.3 Å². The first kappa shape index (κ1) is 13.5. The maximum absolute atomic E-state index is 12.8. The average Bonchev–Trinajstić information content (AvgIpc) is 2.87. The molecule has 0 N–H and O–H groups in total. The van der Waals surface area contributed by atoms with E-state index in [1.807, 2.05) is 47.4 Å². The third-order valence-electron chi connectivity index (χ3n) is 5.04. The van der Waals surface area contributed by atoms with Gasteiger partial charge in [-0.15, -0.1) is 0 Å². The van der Waals surface area contributed by atoms with E-state index in [9.17, 15) is 4.79 Å². The van der Waals surface area contributed by atoms with Crippen molar-refractivity contribution >= 4 is 11.6 Å². The molecular weight excluding hydrogens is 274 g/mol. The molecule has 0 unspecified atom stereocenters. The first-order valence-electron chi connectivity index (χ1n) is 7.91. The lowest BCUT2D eigenvalue weighted by Crippen LogP contribution is -2.43. The number of rotatable bonds is 2. The number of carbonyl (C=O) groups is 1. The summed E-state index contributed by atoms with van der Waals surface area (Å²) in [5.41, 5.74) is 3.52. The van der Waals surface area contributed by atoms with Crippen molar-refractivity contribution in [3.8, 4) is 0 Å². The Morgan fingerprint density at radius 3 is 2.50 bits per heavy atom. The molecule has 22 heavy (non-hydrogen) atoms. The Labute approximate surface area is 130 Å². The standard InChI is InChI=1S/C19H19NO2/c1-3-19(4-2)15-11-7-8-12-16(15)20-17(21)13-9-5-6-10-14(13)18(20)22-19/h5-12,18H,3-4H2,1-2H3/t18-/m0/s1. The van der Waals surface area contributed by atoms with Crippen LogP contribution in [0.4, 0.5) is 5.69 Å². The third kappa shape index (κ3) is 1.57. The molecular formula is C19H19NO2. The van der Waals surface area contributed by atoms with Crippen molar-refractivity contribution in [1.29, 1.82) is 0 Å². The number of fused-ring (bicyclic) bond motifs is 5. The number of anilines is 1. The van der Waals surface area contributed by atoms with Gasteiger partial charge in [0.1, 0.15) is 0 Å². The molecule has 0 aliphatic carbocycles. The average molecular weight is 293 g/mol. The Morgan fingerprint density at radius 1 is 1.05 bits per heavy atom. The normalized spacial score (nSPS) is 21.3. The molecule has 2 aliphatic heterocycles. The Balaban J connectivity index is 1.97. The number of hydrogen-bond acceptors (Lipinski definition) is 2. The molecule has 2 aliphatic rings. The lowest BCUT2D eigenvalue weighted by molar-refractivity contribution is -0.111. The molecule has 0 saturated heterocycles. The summed E-state index contributed by atoms with van der Waals surface area (Å²) in [7, 11) is 0. The maximum Gasteiger partial charge on any atom is 0.261 e. The summed E-state index contributed by atoms with van der Waals surface area (Å²) in [5, 5.41) is 0. The fourth-order valence-electron chi connectivity index (χ4n) is 3.78. The molecule has 0 spiro atoms. The molecule has 0 bridgehead atoms. The predicted octanol–water partition coefficient (Wildman–Crippen LogP) is 4.39. The largest absolute Gasteiger partial charge is 0.342 e. The van der Waals surface area contributed by atoms with E-state index >= 15 is 0 Å². The number of para-hydroxylation sites is 1. The van der Waals surface area contributed by atoms with Crippen LogP contribution < -0.4 is 4.90 Å². The van der Waals surface area contributed by atoms with E-state index in [1.54, 1.807) is 0 Å². The van der Waals surface area contributed by atoms with Gasteiger partial charge in [0, 0.05) is 16.7 Å². The number of amides is 1. The molecule has 1 atom stereocenters. The minimum absolute atomic E-state index is 0.0360. The molecule has 1 amide bonds. The van der Waals surface area contributed by atoms with Gasteiger partial charge in [0.25, 0.3) is 5.91 Å². The van der Waals surface area contributed by atoms with E-state index in [1.165, 1.54) is 0 Å². The van der Waals surface area contributed by atoms with Crippen LogP contribution in [0, 0.1) is 0 Å². The monoisotopic (exact) mass is 293 g/mol. The van der Waals surface area contributed by atoms with Gasteiger partial charge in [-0.25, -0.2) is 0 Å². The highest BCUT2D eigenvalue weighted by Gasteiger charge is 2.49. The maximum atomic E-state index is 12.8. The van der Waals surface area contributed by atoms with Crippen LogP contribution in [0.25, 0.3) is 0 Å². The predicted molar refractivity (Wildman–Crippen MR) is 85.8 cm³/mol. The van der Waals surface area contributed by atoms with Crippen LogP contribution in [-0.4, -0.2) is 5.91 Å². The summed E-state index contributed by atoms with van der Waals surface area (Å²) >= 11 is 0. The van der Waals surface area contributed by atoms with E-state index in [2.05, 4.69) is 19.9 Å². The summed E-state index contributed by atoms with van der Waals surface area (Å²) in [6.45, 7) is 4.30. The zero-order valence-electron chi connectivity index (χ0n) is 12.9. The highest BCUT2D eigenvalue weighted by molar-refractivity contribution is 6.11. The topological polar surface area (TPSA) is 29.5 Å². The van der Waals surface area contributed by atoms with Gasteiger partial charge < -0.3 is 4.74 Å². The van der Waals surface area contributed by atoms with Gasteiger partial charge in [-0.2, -0.15) is 0 Å². The first-order valence-corrected chi connectivity index (χ1v) is 7.91. The van der Waals surface area contributed by atoms with Crippen LogP contribution in [0.2, 0.25) is 0 Å². The van der Waals surface area contributed by atoms with E-state index in [4.69, 9.17) is 4.74 Å². The fraction of sp³-hybridized carbons (Fsp3) is 0.316. The zero-order chi connectivity index (χ0) is 15.3. The van der Waals surface area contributed by atoms with Crippen LogP contribution in [0.1, 0.15) is 54.4 Å². The first-order chi connectivity index (χ1) is 10.7. The van der Waals surface area contributed by atoms with Crippen LogP contribution in [0.5, 0.6) is 0 Å². The van der Waals surface area contributed by atoms with Gasteiger partial charge in [-0.1, -0.05) is 50.2 Å². The number of hydrogen-bond donors (Lipinski definition) is 0. The zero-order valence-corrected chi connectivity index (χ0v) is 12.9. The van der Waals surface area contributed by atoms with Gasteiger partial charge in [0.15, 0.2) is 6.23 Å². The molecule has 112 valence electrons.